The maximum Gasteiger partial charge on any atom is 0.282 e. The number of hydrogen-bond acceptors (Lipinski definition) is 7. The van der Waals surface area contributed by atoms with Gasteiger partial charge < -0.3 is 9.80 Å². The third kappa shape index (κ3) is 4.06. The fourth-order valence-corrected chi connectivity index (χ4v) is 5.44. The van der Waals surface area contributed by atoms with Gasteiger partial charge in [0, 0.05) is 74.0 Å². The number of amides is 2. The van der Waals surface area contributed by atoms with Crippen LogP contribution >= 0.6 is 11.3 Å². The number of aromatic nitrogens is 4. The van der Waals surface area contributed by atoms with E-state index in [2.05, 4.69) is 19.9 Å². The van der Waals surface area contributed by atoms with Gasteiger partial charge in [-0.25, -0.2) is 19.3 Å². The molecule has 9 nitrogen and oxygen atoms in total. The van der Waals surface area contributed by atoms with Crippen molar-refractivity contribution in [3.05, 3.63) is 65.3 Å². The molecule has 4 aromatic rings. The van der Waals surface area contributed by atoms with Crippen molar-refractivity contribution in [1.82, 2.24) is 29.3 Å². The predicted molar refractivity (Wildman–Crippen MR) is 129 cm³/mol. The van der Waals surface area contributed by atoms with Crippen LogP contribution in [0.2, 0.25) is 0 Å². The predicted octanol–water partition coefficient (Wildman–Crippen LogP) is 2.58. The van der Waals surface area contributed by atoms with E-state index in [1.54, 1.807) is 10.8 Å². The second-order valence-electron chi connectivity index (χ2n) is 8.66. The van der Waals surface area contributed by atoms with Crippen molar-refractivity contribution in [1.29, 1.82) is 0 Å². The summed E-state index contributed by atoms with van der Waals surface area (Å²) in [7, 11) is 0. The van der Waals surface area contributed by atoms with E-state index in [1.807, 2.05) is 45.6 Å². The Morgan fingerprint density at radius 2 is 1.86 bits per heavy atom. The molecule has 0 bridgehead atoms. The molecule has 0 spiro atoms. The number of rotatable bonds is 4. The molecule has 35 heavy (non-hydrogen) atoms. The zero-order chi connectivity index (χ0) is 23.9. The topological polar surface area (TPSA) is 87.5 Å². The molecular formula is C24H22FN7O2S. The number of anilines is 1. The van der Waals surface area contributed by atoms with Crippen LogP contribution < -0.4 is 4.90 Å². The first-order valence-corrected chi connectivity index (χ1v) is 12.3. The third-order valence-corrected chi connectivity index (χ3v) is 7.41. The first-order valence-electron chi connectivity index (χ1n) is 11.4. The number of halogens is 1. The highest BCUT2D eigenvalue weighted by molar-refractivity contribution is 7.11. The Bertz CT molecular complexity index is 1380. The van der Waals surface area contributed by atoms with Crippen molar-refractivity contribution in [2.24, 2.45) is 0 Å². The molecule has 2 saturated heterocycles. The fourth-order valence-electron chi connectivity index (χ4n) is 4.84. The second kappa shape index (κ2) is 8.82. The summed E-state index contributed by atoms with van der Waals surface area (Å²) in [6.45, 7) is 3.36. The average Bonchev–Trinajstić information content (AvgIpc) is 3.64. The van der Waals surface area contributed by atoms with Crippen molar-refractivity contribution in [2.45, 2.75) is 12.5 Å². The molecule has 5 heterocycles. The van der Waals surface area contributed by atoms with E-state index >= 15 is 0 Å². The normalized spacial score (nSPS) is 19.1. The number of benzene rings is 1. The van der Waals surface area contributed by atoms with Gasteiger partial charge in [-0.1, -0.05) is 0 Å². The van der Waals surface area contributed by atoms with E-state index in [4.69, 9.17) is 0 Å². The number of nitrogens with zero attached hydrogens (tertiary/aromatic N) is 7. The zero-order valence-corrected chi connectivity index (χ0v) is 19.6. The number of hydrogen-bond donors (Lipinski definition) is 0. The summed E-state index contributed by atoms with van der Waals surface area (Å²) in [6.07, 6.45) is 6.22. The van der Waals surface area contributed by atoms with Crippen LogP contribution in [-0.2, 0) is 4.79 Å². The van der Waals surface area contributed by atoms with E-state index in [0.29, 0.717) is 37.0 Å². The highest BCUT2D eigenvalue weighted by Gasteiger charge is 2.36. The summed E-state index contributed by atoms with van der Waals surface area (Å²) < 4.78 is 15.0. The Morgan fingerprint density at radius 3 is 2.60 bits per heavy atom. The lowest BCUT2D eigenvalue weighted by Crippen LogP contribution is -2.52. The minimum absolute atomic E-state index is 0.0185. The first kappa shape index (κ1) is 21.8. The molecule has 1 aromatic carbocycles. The molecule has 2 aliphatic rings. The molecule has 2 amide bonds. The molecule has 0 radical (unpaired) electrons. The Kier molecular flexibility index (Phi) is 5.50. The Balaban J connectivity index is 1.14. The van der Waals surface area contributed by atoms with Gasteiger partial charge in [-0.2, -0.15) is 0 Å². The number of thiazole rings is 1. The molecule has 6 rings (SSSR count). The van der Waals surface area contributed by atoms with Crippen molar-refractivity contribution < 1.29 is 14.0 Å². The summed E-state index contributed by atoms with van der Waals surface area (Å²) in [4.78, 5) is 43.7. The zero-order valence-electron chi connectivity index (χ0n) is 18.7. The molecule has 1 unspecified atom stereocenters. The van der Waals surface area contributed by atoms with Crippen LogP contribution in [0.5, 0.6) is 0 Å². The summed E-state index contributed by atoms with van der Waals surface area (Å²) in [6, 6.07) is 7.89. The van der Waals surface area contributed by atoms with E-state index in [1.165, 1.54) is 11.3 Å². The van der Waals surface area contributed by atoms with Crippen molar-refractivity contribution in [3.63, 3.8) is 0 Å². The largest absolute Gasteiger partial charge is 0.334 e. The third-order valence-electron chi connectivity index (χ3n) is 6.65. The standard InChI is InChI=1S/C24H22FN7O2S/c25-17-13-27-24(28-14-17)31-5-3-16-11-18(1-2-20(16)31)32-15-19(12-21(32)33)29-6-8-30(9-7-29)23(34)22-26-4-10-35-22/h1-5,10-11,13-14,19H,6-9,12,15H2. The lowest BCUT2D eigenvalue weighted by Gasteiger charge is -2.37. The lowest BCUT2D eigenvalue weighted by molar-refractivity contribution is -0.117. The molecule has 0 saturated carbocycles. The molecule has 0 aliphatic carbocycles. The minimum Gasteiger partial charge on any atom is -0.334 e. The van der Waals surface area contributed by atoms with Crippen LogP contribution in [0.3, 0.4) is 0 Å². The summed E-state index contributed by atoms with van der Waals surface area (Å²) in [5.41, 5.74) is 1.73. The van der Waals surface area contributed by atoms with Gasteiger partial charge >= 0.3 is 0 Å². The van der Waals surface area contributed by atoms with Crippen LogP contribution in [0.4, 0.5) is 10.1 Å². The van der Waals surface area contributed by atoms with Crippen molar-refractivity contribution >= 4 is 39.7 Å². The minimum atomic E-state index is -0.484. The fraction of sp³-hybridized carbons (Fsp3) is 0.292. The first-order chi connectivity index (χ1) is 17.1. The van der Waals surface area contributed by atoms with Crippen molar-refractivity contribution in [2.75, 3.05) is 37.6 Å². The van der Waals surface area contributed by atoms with E-state index in [9.17, 15) is 14.0 Å². The van der Waals surface area contributed by atoms with Crippen molar-refractivity contribution in [3.8, 4) is 5.95 Å². The second-order valence-corrected chi connectivity index (χ2v) is 9.55. The van der Waals surface area contributed by atoms with Gasteiger partial charge in [0.1, 0.15) is 0 Å². The highest BCUT2D eigenvalue weighted by Crippen LogP contribution is 2.29. The molecular weight excluding hydrogens is 469 g/mol. The Hall–Kier alpha value is -3.70. The van der Waals surface area contributed by atoms with E-state index in [-0.39, 0.29) is 17.9 Å². The van der Waals surface area contributed by atoms with Gasteiger partial charge in [-0.3, -0.25) is 19.1 Å². The quantitative estimate of drug-likeness (QED) is 0.436. The average molecular weight is 492 g/mol. The van der Waals surface area contributed by atoms with Crippen LogP contribution in [-0.4, -0.2) is 79.9 Å². The SMILES string of the molecule is O=C(c1nccs1)N1CCN(C2CC(=O)N(c3ccc4c(ccn4-c4ncc(F)cn4)c3)C2)CC1. The van der Waals surface area contributed by atoms with E-state index < -0.39 is 5.82 Å². The van der Waals surface area contributed by atoms with Crippen LogP contribution in [0.15, 0.2) is 54.4 Å². The number of carbonyl (C=O) groups excluding carboxylic acids is 2. The molecule has 0 N–H and O–H groups in total. The summed E-state index contributed by atoms with van der Waals surface area (Å²) in [5, 5.41) is 3.28. The van der Waals surface area contributed by atoms with Crippen LogP contribution in [0.25, 0.3) is 16.9 Å². The lowest BCUT2D eigenvalue weighted by atomic mass is 10.2. The van der Waals surface area contributed by atoms with Crippen LogP contribution in [0, 0.1) is 5.82 Å². The van der Waals surface area contributed by atoms with Gasteiger partial charge in [-0.15, -0.1) is 11.3 Å². The molecule has 2 fully saturated rings. The molecule has 2 aliphatic heterocycles. The maximum atomic E-state index is 13.2. The molecule has 11 heteroatoms. The monoisotopic (exact) mass is 491 g/mol. The van der Waals surface area contributed by atoms with Gasteiger partial charge in [0.2, 0.25) is 11.9 Å². The van der Waals surface area contributed by atoms with Crippen LogP contribution in [0.1, 0.15) is 16.2 Å². The van der Waals surface area contributed by atoms with Gasteiger partial charge in [0.15, 0.2) is 10.8 Å². The van der Waals surface area contributed by atoms with Gasteiger partial charge in [0.25, 0.3) is 5.91 Å². The van der Waals surface area contributed by atoms with Gasteiger partial charge in [-0.05, 0) is 24.3 Å². The number of carbonyl (C=O) groups is 2. The smallest absolute Gasteiger partial charge is 0.282 e. The summed E-state index contributed by atoms with van der Waals surface area (Å²) in [5.74, 6) is -0.0203. The summed E-state index contributed by atoms with van der Waals surface area (Å²) >= 11 is 1.36. The Labute approximate surface area is 204 Å². The van der Waals surface area contributed by atoms with E-state index in [0.717, 1.165) is 42.1 Å². The molecule has 3 aromatic heterocycles. The maximum absolute atomic E-state index is 13.2. The highest BCUT2D eigenvalue weighted by atomic mass is 32.1. The molecule has 178 valence electrons. The number of fused-ring (bicyclic) bond motifs is 1. The Morgan fingerprint density at radius 1 is 1.06 bits per heavy atom. The van der Waals surface area contributed by atoms with Gasteiger partial charge in [0.05, 0.1) is 17.9 Å². The number of piperazine rings is 1. The molecule has 1 atom stereocenters.